The van der Waals surface area contributed by atoms with Crippen LogP contribution in [-0.4, -0.2) is 40.8 Å². The predicted molar refractivity (Wildman–Crippen MR) is 125 cm³/mol. The average Bonchev–Trinajstić information content (AvgIpc) is 2.73. The van der Waals surface area contributed by atoms with E-state index in [4.69, 9.17) is 5.73 Å². The van der Waals surface area contributed by atoms with Crippen molar-refractivity contribution in [2.45, 2.75) is 65.0 Å². The Balaban J connectivity index is 2.93. The van der Waals surface area contributed by atoms with Crippen LogP contribution in [0.5, 0.6) is 0 Å². The van der Waals surface area contributed by atoms with Gasteiger partial charge in [-0.05, 0) is 18.8 Å². The Bertz CT molecular complexity index is 843. The lowest BCUT2D eigenvalue weighted by atomic mass is 10.0. The number of nitrogens with two attached hydrogens (primary N) is 1. The van der Waals surface area contributed by atoms with E-state index in [1.165, 1.54) is 0 Å². The fourth-order valence-corrected chi connectivity index (χ4v) is 3.15. The molecule has 1 aromatic rings. The molecule has 0 saturated carbocycles. The molecule has 0 aliphatic heterocycles. The molecule has 0 unspecified atom stereocenters. The molecule has 0 saturated heterocycles. The Hall–Kier alpha value is -3.50. The fourth-order valence-electron chi connectivity index (χ4n) is 3.15. The summed E-state index contributed by atoms with van der Waals surface area (Å²) in [5.41, 5.74) is 6.07. The summed E-state index contributed by atoms with van der Waals surface area (Å²) in [6.45, 7) is 6.14. The minimum atomic E-state index is -1.81. The zero-order chi connectivity index (χ0) is 24.9. The van der Waals surface area contributed by atoms with Crippen molar-refractivity contribution in [1.82, 2.24) is 16.1 Å². The highest BCUT2D eigenvalue weighted by Gasteiger charge is 2.39. The molecule has 0 aliphatic carbocycles. The number of Topliss-reactive ketones (excluding diaryl/α,β-unsaturated/α-hetero) is 1. The van der Waals surface area contributed by atoms with E-state index in [9.17, 15) is 24.5 Å². The first kappa shape index (κ1) is 27.5. The van der Waals surface area contributed by atoms with E-state index in [0.717, 1.165) is 0 Å². The minimum absolute atomic E-state index is 0.0264. The third kappa shape index (κ3) is 10.1. The van der Waals surface area contributed by atoms with Gasteiger partial charge in [0.25, 0.3) is 11.9 Å². The summed E-state index contributed by atoms with van der Waals surface area (Å²) in [6, 6.07) is 8.74. The molecular weight excluding hydrogens is 428 g/mol. The van der Waals surface area contributed by atoms with Crippen LogP contribution in [0, 0.1) is 16.0 Å². The molecule has 0 spiro atoms. The molecule has 0 bridgehead atoms. The zero-order valence-electron chi connectivity index (χ0n) is 19.4. The summed E-state index contributed by atoms with van der Waals surface area (Å²) < 4.78 is 0. The summed E-state index contributed by atoms with van der Waals surface area (Å²) in [4.78, 5) is 52.7. The number of carbonyl (C=O) groups is 3. The van der Waals surface area contributed by atoms with Gasteiger partial charge in [0.2, 0.25) is 11.6 Å². The standard InChI is InChI=1S/C22H34N6O5/c1-4-14-22(26-21(23)27-28(32)33,20(31)24-15-13-16(2)3)25-19(30)12-8-11-18(29)17-9-6-5-7-10-17/h5-7,9-10,16H,4,8,11-15H2,1-3H3,(H,24,31)(H,25,30)(H3,23,26,27)/t22-/m1/s1. The monoisotopic (exact) mass is 462 g/mol. The number of aliphatic imine (C=N–C) groups is 1. The molecule has 1 rings (SSSR count). The van der Waals surface area contributed by atoms with Crippen LogP contribution in [0.4, 0.5) is 0 Å². The Kier molecular flexibility index (Phi) is 11.5. The van der Waals surface area contributed by atoms with Crippen molar-refractivity contribution >= 4 is 23.6 Å². The first-order valence-corrected chi connectivity index (χ1v) is 11.0. The van der Waals surface area contributed by atoms with Crippen LogP contribution in [0.25, 0.3) is 0 Å². The number of amides is 2. The molecule has 0 aromatic heterocycles. The Morgan fingerprint density at radius 3 is 2.42 bits per heavy atom. The largest absolute Gasteiger partial charge is 0.365 e. The molecule has 0 radical (unpaired) electrons. The molecule has 1 aromatic carbocycles. The fraction of sp³-hybridized carbons (Fsp3) is 0.545. The first-order valence-electron chi connectivity index (χ1n) is 11.0. The number of guanidine groups is 1. The summed E-state index contributed by atoms with van der Waals surface area (Å²) >= 11 is 0. The maximum atomic E-state index is 13.0. The highest BCUT2D eigenvalue weighted by Crippen LogP contribution is 2.17. The lowest BCUT2D eigenvalue weighted by Crippen LogP contribution is -2.59. The zero-order valence-corrected chi connectivity index (χ0v) is 19.4. The van der Waals surface area contributed by atoms with Gasteiger partial charge in [0.05, 0.1) is 0 Å². The van der Waals surface area contributed by atoms with E-state index in [-0.39, 0.29) is 31.5 Å². The molecular formula is C22H34N6O5. The maximum Gasteiger partial charge on any atom is 0.268 e. The Labute approximate surface area is 193 Å². The predicted octanol–water partition coefficient (Wildman–Crippen LogP) is 1.91. The van der Waals surface area contributed by atoms with Crippen LogP contribution in [0.15, 0.2) is 35.3 Å². The van der Waals surface area contributed by atoms with Crippen LogP contribution < -0.4 is 21.8 Å². The lowest BCUT2D eigenvalue weighted by molar-refractivity contribution is -0.525. The van der Waals surface area contributed by atoms with Crippen molar-refractivity contribution < 1.29 is 19.4 Å². The van der Waals surface area contributed by atoms with E-state index >= 15 is 0 Å². The van der Waals surface area contributed by atoms with E-state index in [1.54, 1.807) is 36.6 Å². The van der Waals surface area contributed by atoms with Gasteiger partial charge in [0.15, 0.2) is 10.8 Å². The van der Waals surface area contributed by atoms with Gasteiger partial charge in [-0.25, -0.2) is 15.1 Å². The van der Waals surface area contributed by atoms with Crippen molar-refractivity contribution in [3.05, 3.63) is 46.0 Å². The topological polar surface area (TPSA) is 169 Å². The minimum Gasteiger partial charge on any atom is -0.365 e. The summed E-state index contributed by atoms with van der Waals surface area (Å²) in [7, 11) is 0. The second-order valence-electron chi connectivity index (χ2n) is 8.11. The van der Waals surface area contributed by atoms with E-state index in [1.807, 2.05) is 19.9 Å². The normalized spacial score (nSPS) is 13.2. The van der Waals surface area contributed by atoms with E-state index in [0.29, 0.717) is 30.9 Å². The number of ketones is 1. The molecule has 1 atom stereocenters. The number of rotatable bonds is 14. The Morgan fingerprint density at radius 1 is 1.18 bits per heavy atom. The number of carbonyl (C=O) groups excluding carboxylic acids is 3. The number of hydrogen-bond acceptors (Lipinski definition) is 6. The second kappa shape index (κ2) is 13.8. The quantitative estimate of drug-likeness (QED) is 0.108. The highest BCUT2D eigenvalue weighted by atomic mass is 16.7. The van der Waals surface area contributed by atoms with Crippen LogP contribution in [0.3, 0.4) is 0 Å². The van der Waals surface area contributed by atoms with Gasteiger partial charge in [0.1, 0.15) is 0 Å². The van der Waals surface area contributed by atoms with Crippen LogP contribution in [0.2, 0.25) is 0 Å². The first-order chi connectivity index (χ1) is 15.6. The van der Waals surface area contributed by atoms with Crippen molar-refractivity contribution in [3.8, 4) is 0 Å². The second-order valence-corrected chi connectivity index (χ2v) is 8.11. The van der Waals surface area contributed by atoms with Crippen molar-refractivity contribution in [2.75, 3.05) is 6.54 Å². The number of nitrogens with one attached hydrogen (secondary N) is 3. The molecule has 0 heterocycles. The molecule has 0 aliphatic rings. The highest BCUT2D eigenvalue weighted by molar-refractivity contribution is 5.96. The van der Waals surface area contributed by atoms with Gasteiger partial charge in [-0.2, -0.15) is 0 Å². The summed E-state index contributed by atoms with van der Waals surface area (Å²) in [6.07, 6.45) is 1.63. The van der Waals surface area contributed by atoms with Gasteiger partial charge in [-0.3, -0.25) is 14.4 Å². The molecule has 11 heteroatoms. The lowest BCUT2D eigenvalue weighted by Gasteiger charge is -2.29. The van der Waals surface area contributed by atoms with Gasteiger partial charge in [-0.1, -0.05) is 62.9 Å². The van der Waals surface area contributed by atoms with Crippen LogP contribution >= 0.6 is 0 Å². The Morgan fingerprint density at radius 2 is 1.85 bits per heavy atom. The maximum absolute atomic E-state index is 13.0. The number of hydrogen-bond donors (Lipinski definition) is 4. The molecule has 33 heavy (non-hydrogen) atoms. The number of nitrogens with zero attached hydrogens (tertiary/aromatic N) is 2. The molecule has 0 fully saturated rings. The van der Waals surface area contributed by atoms with E-state index < -0.39 is 28.5 Å². The van der Waals surface area contributed by atoms with Crippen LogP contribution in [-0.2, 0) is 9.59 Å². The van der Waals surface area contributed by atoms with Gasteiger partial charge in [-0.15, -0.1) is 0 Å². The third-order valence-electron chi connectivity index (χ3n) is 4.76. The van der Waals surface area contributed by atoms with Gasteiger partial charge in [0, 0.05) is 31.4 Å². The summed E-state index contributed by atoms with van der Waals surface area (Å²) in [5, 5.41) is 15.2. The SMILES string of the molecule is CCC[C@](N=C(N)N[N+](=O)[O-])(NC(=O)CCCC(=O)c1ccccc1)C(=O)NCCC(C)C. The summed E-state index contributed by atoms with van der Waals surface area (Å²) in [5.74, 6) is -1.47. The van der Waals surface area contributed by atoms with E-state index in [2.05, 4.69) is 15.6 Å². The molecule has 11 nitrogen and oxygen atoms in total. The van der Waals surface area contributed by atoms with Crippen molar-refractivity contribution in [3.63, 3.8) is 0 Å². The number of benzene rings is 1. The van der Waals surface area contributed by atoms with Crippen molar-refractivity contribution in [2.24, 2.45) is 16.6 Å². The van der Waals surface area contributed by atoms with Crippen molar-refractivity contribution in [1.29, 1.82) is 0 Å². The molecule has 5 N–H and O–H groups in total. The number of hydrazine groups is 1. The van der Waals surface area contributed by atoms with Crippen LogP contribution in [0.1, 0.15) is 69.7 Å². The number of nitro groups is 1. The average molecular weight is 463 g/mol. The third-order valence-corrected chi connectivity index (χ3v) is 4.76. The van der Waals surface area contributed by atoms with Gasteiger partial charge >= 0.3 is 0 Å². The smallest absolute Gasteiger partial charge is 0.268 e. The molecule has 182 valence electrons. The van der Waals surface area contributed by atoms with Gasteiger partial charge < -0.3 is 16.4 Å². The molecule has 2 amide bonds.